The SMILES string of the molecule is CN(C)C(=O)CCOC(=O)c1ccccc1Cl. The average Bonchev–Trinajstić information content (AvgIpc) is 2.29. The van der Waals surface area contributed by atoms with Crippen molar-refractivity contribution in [3.63, 3.8) is 0 Å². The largest absolute Gasteiger partial charge is 0.462 e. The highest BCUT2D eigenvalue weighted by Crippen LogP contribution is 2.15. The molecule has 1 rings (SSSR count). The lowest BCUT2D eigenvalue weighted by Gasteiger charge is -2.10. The zero-order valence-corrected chi connectivity index (χ0v) is 10.5. The third kappa shape index (κ3) is 4.07. The van der Waals surface area contributed by atoms with Crippen molar-refractivity contribution < 1.29 is 14.3 Å². The van der Waals surface area contributed by atoms with E-state index < -0.39 is 5.97 Å². The number of ether oxygens (including phenoxy) is 1. The van der Waals surface area contributed by atoms with E-state index in [1.807, 2.05) is 0 Å². The van der Waals surface area contributed by atoms with Gasteiger partial charge in [-0.05, 0) is 12.1 Å². The normalized spacial score (nSPS) is 9.82. The Balaban J connectivity index is 2.46. The molecule has 0 aliphatic heterocycles. The molecule has 0 radical (unpaired) electrons. The quantitative estimate of drug-likeness (QED) is 0.773. The lowest BCUT2D eigenvalue weighted by Crippen LogP contribution is -2.23. The molecule has 1 aromatic carbocycles. The number of carbonyl (C=O) groups is 2. The van der Waals surface area contributed by atoms with Crippen molar-refractivity contribution in [3.8, 4) is 0 Å². The number of carbonyl (C=O) groups excluding carboxylic acids is 2. The van der Waals surface area contributed by atoms with E-state index in [1.165, 1.54) is 4.90 Å². The summed E-state index contributed by atoms with van der Waals surface area (Å²) in [5, 5.41) is 0.344. The summed E-state index contributed by atoms with van der Waals surface area (Å²) < 4.78 is 4.96. The summed E-state index contributed by atoms with van der Waals surface area (Å²) in [4.78, 5) is 24.3. The molecule has 4 nitrogen and oxygen atoms in total. The molecular formula is C12H14ClNO3. The molecular weight excluding hydrogens is 242 g/mol. The number of halogens is 1. The Kier molecular flexibility index (Phi) is 4.97. The Hall–Kier alpha value is -1.55. The lowest BCUT2D eigenvalue weighted by atomic mass is 10.2. The van der Waals surface area contributed by atoms with Gasteiger partial charge in [-0.2, -0.15) is 0 Å². The van der Waals surface area contributed by atoms with Crippen molar-refractivity contribution in [2.45, 2.75) is 6.42 Å². The molecule has 0 bridgehead atoms. The zero-order chi connectivity index (χ0) is 12.8. The average molecular weight is 256 g/mol. The molecule has 1 aromatic rings. The molecule has 1 amide bonds. The molecule has 0 aliphatic rings. The van der Waals surface area contributed by atoms with Gasteiger partial charge in [-0.3, -0.25) is 4.79 Å². The fourth-order valence-electron chi connectivity index (χ4n) is 1.16. The van der Waals surface area contributed by atoms with E-state index in [2.05, 4.69) is 0 Å². The van der Waals surface area contributed by atoms with E-state index in [4.69, 9.17) is 16.3 Å². The second kappa shape index (κ2) is 6.25. The summed E-state index contributed by atoms with van der Waals surface area (Å²) in [6, 6.07) is 6.63. The topological polar surface area (TPSA) is 46.6 Å². The Morgan fingerprint density at radius 3 is 2.53 bits per heavy atom. The summed E-state index contributed by atoms with van der Waals surface area (Å²) in [5.41, 5.74) is 0.312. The summed E-state index contributed by atoms with van der Waals surface area (Å²) in [5.74, 6) is -0.598. The van der Waals surface area contributed by atoms with Gasteiger partial charge in [-0.1, -0.05) is 23.7 Å². The van der Waals surface area contributed by atoms with Gasteiger partial charge < -0.3 is 9.64 Å². The molecule has 0 saturated carbocycles. The van der Waals surface area contributed by atoms with Gasteiger partial charge in [0.2, 0.25) is 5.91 Å². The second-order valence-electron chi connectivity index (χ2n) is 3.65. The van der Waals surface area contributed by atoms with Crippen LogP contribution < -0.4 is 0 Å². The van der Waals surface area contributed by atoms with Gasteiger partial charge in [0, 0.05) is 14.1 Å². The summed E-state index contributed by atoms with van der Waals surface area (Å²) in [6.07, 6.45) is 0.170. The molecule has 92 valence electrons. The second-order valence-corrected chi connectivity index (χ2v) is 4.06. The van der Waals surface area contributed by atoms with Gasteiger partial charge in [-0.25, -0.2) is 4.79 Å². The van der Waals surface area contributed by atoms with Gasteiger partial charge in [0.05, 0.1) is 17.0 Å². The van der Waals surface area contributed by atoms with Crippen molar-refractivity contribution in [1.82, 2.24) is 4.90 Å². The highest BCUT2D eigenvalue weighted by Gasteiger charge is 2.12. The maximum Gasteiger partial charge on any atom is 0.339 e. The van der Waals surface area contributed by atoms with Crippen molar-refractivity contribution in [3.05, 3.63) is 34.9 Å². The molecule has 0 unspecified atom stereocenters. The van der Waals surface area contributed by atoms with Crippen molar-refractivity contribution in [1.29, 1.82) is 0 Å². The Bertz CT molecular complexity index is 418. The fraction of sp³-hybridized carbons (Fsp3) is 0.333. The zero-order valence-electron chi connectivity index (χ0n) is 9.77. The Morgan fingerprint density at radius 2 is 1.94 bits per heavy atom. The van der Waals surface area contributed by atoms with Crippen LogP contribution in [0.4, 0.5) is 0 Å². The number of hydrogen-bond acceptors (Lipinski definition) is 3. The molecule has 0 saturated heterocycles. The Morgan fingerprint density at radius 1 is 1.29 bits per heavy atom. The molecule has 0 N–H and O–H groups in total. The van der Waals surface area contributed by atoms with Gasteiger partial charge in [0.1, 0.15) is 6.61 Å². The minimum absolute atomic E-state index is 0.0566. The monoisotopic (exact) mass is 255 g/mol. The van der Waals surface area contributed by atoms with E-state index in [9.17, 15) is 9.59 Å². The van der Waals surface area contributed by atoms with Crippen LogP contribution in [-0.2, 0) is 9.53 Å². The summed E-state index contributed by atoms with van der Waals surface area (Å²) in [6.45, 7) is 0.0566. The lowest BCUT2D eigenvalue weighted by molar-refractivity contribution is -0.129. The highest BCUT2D eigenvalue weighted by atomic mass is 35.5. The Labute approximate surface area is 105 Å². The maximum absolute atomic E-state index is 11.6. The minimum atomic E-state index is -0.512. The van der Waals surface area contributed by atoms with Gasteiger partial charge in [-0.15, -0.1) is 0 Å². The number of nitrogens with zero attached hydrogens (tertiary/aromatic N) is 1. The number of benzene rings is 1. The minimum Gasteiger partial charge on any atom is -0.462 e. The molecule has 0 heterocycles. The third-order valence-electron chi connectivity index (χ3n) is 2.14. The molecule has 17 heavy (non-hydrogen) atoms. The van der Waals surface area contributed by atoms with Crippen LogP contribution in [0.2, 0.25) is 5.02 Å². The first-order valence-electron chi connectivity index (χ1n) is 5.14. The first kappa shape index (κ1) is 13.5. The van der Waals surface area contributed by atoms with Crippen LogP contribution in [0.25, 0.3) is 0 Å². The predicted octanol–water partition coefficient (Wildman–Crippen LogP) is 1.98. The van der Waals surface area contributed by atoms with E-state index in [0.29, 0.717) is 10.6 Å². The number of rotatable bonds is 4. The molecule has 0 aliphatic carbocycles. The van der Waals surface area contributed by atoms with Crippen LogP contribution >= 0.6 is 11.6 Å². The van der Waals surface area contributed by atoms with E-state index >= 15 is 0 Å². The first-order chi connectivity index (χ1) is 8.02. The van der Waals surface area contributed by atoms with Crippen LogP contribution in [0.1, 0.15) is 16.8 Å². The van der Waals surface area contributed by atoms with Crippen LogP contribution in [0.15, 0.2) is 24.3 Å². The van der Waals surface area contributed by atoms with Crippen LogP contribution in [-0.4, -0.2) is 37.5 Å². The molecule has 5 heteroatoms. The third-order valence-corrected chi connectivity index (χ3v) is 2.47. The number of esters is 1. The van der Waals surface area contributed by atoms with Crippen LogP contribution in [0.5, 0.6) is 0 Å². The van der Waals surface area contributed by atoms with E-state index in [-0.39, 0.29) is 18.9 Å². The molecule has 0 aromatic heterocycles. The summed E-state index contributed by atoms with van der Waals surface area (Å²) in [7, 11) is 3.30. The highest BCUT2D eigenvalue weighted by molar-refractivity contribution is 6.33. The number of hydrogen-bond donors (Lipinski definition) is 0. The van der Waals surface area contributed by atoms with Gasteiger partial charge >= 0.3 is 5.97 Å². The maximum atomic E-state index is 11.6. The van der Waals surface area contributed by atoms with E-state index in [1.54, 1.807) is 38.4 Å². The van der Waals surface area contributed by atoms with Crippen molar-refractivity contribution >= 4 is 23.5 Å². The van der Waals surface area contributed by atoms with Crippen LogP contribution in [0, 0.1) is 0 Å². The van der Waals surface area contributed by atoms with Crippen molar-refractivity contribution in [2.75, 3.05) is 20.7 Å². The first-order valence-corrected chi connectivity index (χ1v) is 5.52. The molecule has 0 spiro atoms. The number of amides is 1. The van der Waals surface area contributed by atoms with Gasteiger partial charge in [0.25, 0.3) is 0 Å². The smallest absolute Gasteiger partial charge is 0.339 e. The molecule has 0 atom stereocenters. The van der Waals surface area contributed by atoms with E-state index in [0.717, 1.165) is 0 Å². The summed E-state index contributed by atoms with van der Waals surface area (Å²) >= 11 is 5.84. The van der Waals surface area contributed by atoms with Crippen molar-refractivity contribution in [2.24, 2.45) is 0 Å². The predicted molar refractivity (Wildman–Crippen MR) is 65.0 cm³/mol. The van der Waals surface area contributed by atoms with Crippen LogP contribution in [0.3, 0.4) is 0 Å². The fourth-order valence-corrected chi connectivity index (χ4v) is 1.37. The standard InChI is InChI=1S/C12H14ClNO3/c1-14(2)11(15)7-8-17-12(16)9-5-3-4-6-10(9)13/h3-6H,7-8H2,1-2H3. The van der Waals surface area contributed by atoms with Gasteiger partial charge in [0.15, 0.2) is 0 Å². The molecule has 0 fully saturated rings.